The zero-order valence-corrected chi connectivity index (χ0v) is 16.7. The van der Waals surface area contributed by atoms with Crippen molar-refractivity contribution >= 4 is 30.7 Å². The van der Waals surface area contributed by atoms with Crippen molar-refractivity contribution in [3.05, 3.63) is 0 Å². The second kappa shape index (κ2) is 12.3. The molecule has 1 heterocycles. The third-order valence-corrected chi connectivity index (χ3v) is 5.14. The van der Waals surface area contributed by atoms with E-state index in [0.717, 1.165) is 52.0 Å². The van der Waals surface area contributed by atoms with Crippen LogP contribution in [-0.4, -0.2) is 68.2 Å². The van der Waals surface area contributed by atoms with Gasteiger partial charge >= 0.3 is 0 Å². The monoisotopic (exact) mass is 371 g/mol. The molecule has 0 bridgehead atoms. The van der Waals surface area contributed by atoms with Gasteiger partial charge in [-0.15, -0.1) is 24.8 Å². The minimum Gasteiger partial charge on any atom is -0.383 e. The van der Waals surface area contributed by atoms with Gasteiger partial charge in [-0.25, -0.2) is 0 Å². The lowest BCUT2D eigenvalue weighted by molar-refractivity contribution is -0.145. The van der Waals surface area contributed by atoms with Gasteiger partial charge in [-0.3, -0.25) is 9.69 Å². The predicted octanol–water partition coefficient (Wildman–Crippen LogP) is 2.16. The molecule has 0 aromatic rings. The lowest BCUT2D eigenvalue weighted by Gasteiger charge is -2.44. The predicted molar refractivity (Wildman–Crippen MR) is 101 cm³/mol. The van der Waals surface area contributed by atoms with Gasteiger partial charge in [0, 0.05) is 45.9 Å². The SMILES string of the molecule is CCC1CN(C(=O)C(CC)(CC)CN)CCN1CCOC.Cl.Cl. The highest BCUT2D eigenvalue weighted by Crippen LogP contribution is 2.29. The Morgan fingerprint density at radius 3 is 2.26 bits per heavy atom. The van der Waals surface area contributed by atoms with Crippen LogP contribution in [0.3, 0.4) is 0 Å². The Bertz CT molecular complexity index is 320. The molecule has 0 aromatic carbocycles. The Balaban J connectivity index is 0. The number of piperazine rings is 1. The standard InChI is InChI=1S/C16H33N3O2.2ClH/c1-5-14-12-19(9-8-18(14)10-11-21-4)15(20)16(6-2,7-3)13-17;;/h14H,5-13,17H2,1-4H3;2*1H. The van der Waals surface area contributed by atoms with Crippen molar-refractivity contribution in [2.24, 2.45) is 11.1 Å². The molecule has 140 valence electrons. The Labute approximate surface area is 154 Å². The first-order chi connectivity index (χ1) is 10.1. The molecule has 1 fully saturated rings. The maximum atomic E-state index is 12.9. The van der Waals surface area contributed by atoms with Crippen LogP contribution < -0.4 is 5.73 Å². The lowest BCUT2D eigenvalue weighted by atomic mass is 9.80. The molecule has 0 radical (unpaired) electrons. The maximum absolute atomic E-state index is 12.9. The number of hydrogen-bond acceptors (Lipinski definition) is 4. The zero-order chi connectivity index (χ0) is 15.9. The topological polar surface area (TPSA) is 58.8 Å². The maximum Gasteiger partial charge on any atom is 0.230 e. The quantitative estimate of drug-likeness (QED) is 0.710. The minimum atomic E-state index is -0.368. The zero-order valence-electron chi connectivity index (χ0n) is 15.0. The van der Waals surface area contributed by atoms with Gasteiger partial charge in [0.1, 0.15) is 0 Å². The summed E-state index contributed by atoms with van der Waals surface area (Å²) < 4.78 is 5.18. The molecule has 1 amide bonds. The fourth-order valence-corrected chi connectivity index (χ4v) is 3.23. The van der Waals surface area contributed by atoms with Gasteiger partial charge in [-0.2, -0.15) is 0 Å². The van der Waals surface area contributed by atoms with Crippen molar-refractivity contribution in [3.8, 4) is 0 Å². The number of amides is 1. The van der Waals surface area contributed by atoms with E-state index in [1.165, 1.54) is 0 Å². The summed E-state index contributed by atoms with van der Waals surface area (Å²) in [5.74, 6) is 0.250. The average Bonchev–Trinajstić information content (AvgIpc) is 2.54. The molecule has 23 heavy (non-hydrogen) atoms. The van der Waals surface area contributed by atoms with Crippen molar-refractivity contribution < 1.29 is 9.53 Å². The van der Waals surface area contributed by atoms with Crippen LogP contribution in [0.2, 0.25) is 0 Å². The first-order valence-electron chi connectivity index (χ1n) is 8.30. The number of rotatable bonds is 8. The van der Waals surface area contributed by atoms with Crippen molar-refractivity contribution in [3.63, 3.8) is 0 Å². The number of ether oxygens (including phenoxy) is 1. The molecule has 5 nitrogen and oxygen atoms in total. The van der Waals surface area contributed by atoms with E-state index in [0.29, 0.717) is 12.6 Å². The van der Waals surface area contributed by atoms with Crippen molar-refractivity contribution in [2.45, 2.75) is 46.1 Å². The lowest BCUT2D eigenvalue weighted by Crippen LogP contribution is -2.58. The summed E-state index contributed by atoms with van der Waals surface area (Å²) in [6, 6.07) is 0.432. The molecular weight excluding hydrogens is 337 g/mol. The Morgan fingerprint density at radius 2 is 1.83 bits per heavy atom. The first-order valence-corrected chi connectivity index (χ1v) is 8.30. The smallest absolute Gasteiger partial charge is 0.230 e. The number of halogens is 2. The molecule has 7 heteroatoms. The second-order valence-electron chi connectivity index (χ2n) is 6.03. The van der Waals surface area contributed by atoms with Gasteiger partial charge in [0.05, 0.1) is 12.0 Å². The molecule has 1 unspecified atom stereocenters. The van der Waals surface area contributed by atoms with Crippen LogP contribution in [0, 0.1) is 5.41 Å². The fraction of sp³-hybridized carbons (Fsp3) is 0.938. The summed E-state index contributed by atoms with van der Waals surface area (Å²) in [5, 5.41) is 0. The van der Waals surface area contributed by atoms with E-state index in [-0.39, 0.29) is 36.1 Å². The normalized spacial score (nSPS) is 19.0. The minimum absolute atomic E-state index is 0. The molecule has 0 aliphatic carbocycles. The third-order valence-electron chi connectivity index (χ3n) is 5.14. The van der Waals surface area contributed by atoms with E-state index in [1.807, 2.05) is 4.90 Å². The average molecular weight is 372 g/mol. The molecule has 1 aliphatic rings. The van der Waals surface area contributed by atoms with E-state index in [4.69, 9.17) is 10.5 Å². The summed E-state index contributed by atoms with van der Waals surface area (Å²) in [7, 11) is 1.73. The van der Waals surface area contributed by atoms with E-state index >= 15 is 0 Å². The number of carbonyl (C=O) groups excluding carboxylic acids is 1. The summed E-state index contributed by atoms with van der Waals surface area (Å²) in [4.78, 5) is 17.4. The molecule has 1 rings (SSSR count). The molecule has 1 aliphatic heterocycles. The van der Waals surface area contributed by atoms with Gasteiger partial charge < -0.3 is 15.4 Å². The Morgan fingerprint density at radius 1 is 1.22 bits per heavy atom. The molecule has 0 saturated carbocycles. The molecule has 0 aromatic heterocycles. The molecule has 1 saturated heterocycles. The van der Waals surface area contributed by atoms with E-state index in [2.05, 4.69) is 25.7 Å². The van der Waals surface area contributed by atoms with Crippen LogP contribution in [0.1, 0.15) is 40.0 Å². The van der Waals surface area contributed by atoms with E-state index in [1.54, 1.807) is 7.11 Å². The fourth-order valence-electron chi connectivity index (χ4n) is 3.23. The van der Waals surface area contributed by atoms with Gasteiger partial charge in [-0.05, 0) is 19.3 Å². The summed E-state index contributed by atoms with van der Waals surface area (Å²) in [5.41, 5.74) is 5.55. The number of nitrogens with two attached hydrogens (primary N) is 1. The van der Waals surface area contributed by atoms with Crippen molar-refractivity contribution in [1.29, 1.82) is 0 Å². The summed E-state index contributed by atoms with van der Waals surface area (Å²) in [6.45, 7) is 11.0. The number of nitrogens with zero attached hydrogens (tertiary/aromatic N) is 2. The third kappa shape index (κ3) is 6.05. The summed E-state index contributed by atoms with van der Waals surface area (Å²) in [6.07, 6.45) is 2.69. The van der Waals surface area contributed by atoms with Gasteiger partial charge in [0.2, 0.25) is 5.91 Å². The number of carbonyl (C=O) groups is 1. The van der Waals surface area contributed by atoms with Crippen LogP contribution in [-0.2, 0) is 9.53 Å². The van der Waals surface area contributed by atoms with Crippen molar-refractivity contribution in [2.75, 3.05) is 46.4 Å². The van der Waals surface area contributed by atoms with Crippen LogP contribution >= 0.6 is 24.8 Å². The van der Waals surface area contributed by atoms with E-state index < -0.39 is 0 Å². The van der Waals surface area contributed by atoms with E-state index in [9.17, 15) is 4.79 Å². The molecule has 1 atom stereocenters. The number of hydrogen-bond donors (Lipinski definition) is 1. The van der Waals surface area contributed by atoms with Crippen LogP contribution in [0.15, 0.2) is 0 Å². The van der Waals surface area contributed by atoms with Gasteiger partial charge in [0.25, 0.3) is 0 Å². The highest BCUT2D eigenvalue weighted by atomic mass is 35.5. The number of methoxy groups -OCH3 is 1. The Hall–Kier alpha value is -0.0700. The molecule has 0 spiro atoms. The van der Waals surface area contributed by atoms with Crippen LogP contribution in [0.4, 0.5) is 0 Å². The highest BCUT2D eigenvalue weighted by molar-refractivity contribution is 5.85. The highest BCUT2D eigenvalue weighted by Gasteiger charge is 2.39. The largest absolute Gasteiger partial charge is 0.383 e. The van der Waals surface area contributed by atoms with Gasteiger partial charge in [-0.1, -0.05) is 20.8 Å². The van der Waals surface area contributed by atoms with Crippen LogP contribution in [0.5, 0.6) is 0 Å². The second-order valence-corrected chi connectivity index (χ2v) is 6.03. The van der Waals surface area contributed by atoms with Gasteiger partial charge in [0.15, 0.2) is 0 Å². The Kier molecular flexibility index (Phi) is 13.5. The van der Waals surface area contributed by atoms with Crippen LogP contribution in [0.25, 0.3) is 0 Å². The molecular formula is C16H35Cl2N3O2. The molecule has 2 N–H and O–H groups in total. The first kappa shape index (κ1) is 25.2. The van der Waals surface area contributed by atoms with Crippen molar-refractivity contribution in [1.82, 2.24) is 9.80 Å². The summed E-state index contributed by atoms with van der Waals surface area (Å²) >= 11 is 0.